The number of rotatable bonds is 4. The largest absolute Gasteiger partial charge is 0.456 e. The Bertz CT molecular complexity index is 782. The van der Waals surface area contributed by atoms with E-state index in [0.29, 0.717) is 11.5 Å². The summed E-state index contributed by atoms with van der Waals surface area (Å²) in [6.07, 6.45) is 3.37. The van der Waals surface area contributed by atoms with E-state index >= 15 is 0 Å². The first-order valence-electron chi connectivity index (χ1n) is 7.14. The average molecular weight is 305 g/mol. The fraction of sp³-hybridized carbons (Fsp3) is 0.0556. The summed E-state index contributed by atoms with van der Waals surface area (Å²) in [5, 5.41) is 4.28. The van der Waals surface area contributed by atoms with E-state index in [-0.39, 0.29) is 11.7 Å². The molecule has 0 aliphatic heterocycles. The van der Waals surface area contributed by atoms with E-state index in [9.17, 15) is 4.79 Å². The SMILES string of the molecule is Cc1ccc(C(=O)NN=C(c2ccccc2)c2ccncc2)o1. The van der Waals surface area contributed by atoms with E-state index in [4.69, 9.17) is 4.42 Å². The molecule has 0 fully saturated rings. The van der Waals surface area contributed by atoms with E-state index in [0.717, 1.165) is 11.1 Å². The second-order valence-corrected chi connectivity index (χ2v) is 4.91. The highest BCUT2D eigenvalue weighted by Gasteiger charge is 2.11. The second kappa shape index (κ2) is 6.70. The zero-order valence-corrected chi connectivity index (χ0v) is 12.6. The minimum Gasteiger partial charge on any atom is -0.456 e. The van der Waals surface area contributed by atoms with Gasteiger partial charge >= 0.3 is 5.91 Å². The molecule has 0 saturated carbocycles. The van der Waals surface area contributed by atoms with Crippen molar-refractivity contribution in [2.24, 2.45) is 5.10 Å². The Kier molecular flexibility index (Phi) is 4.29. The highest BCUT2D eigenvalue weighted by Crippen LogP contribution is 2.10. The van der Waals surface area contributed by atoms with Crippen LogP contribution in [-0.2, 0) is 0 Å². The van der Waals surface area contributed by atoms with Gasteiger partial charge in [-0.3, -0.25) is 9.78 Å². The predicted octanol–water partition coefficient (Wildman–Crippen LogP) is 3.17. The van der Waals surface area contributed by atoms with Crippen LogP contribution in [-0.4, -0.2) is 16.6 Å². The molecule has 0 radical (unpaired) electrons. The third-order valence-corrected chi connectivity index (χ3v) is 3.23. The molecule has 5 heteroatoms. The third-order valence-electron chi connectivity index (χ3n) is 3.23. The molecule has 114 valence electrons. The predicted molar refractivity (Wildman–Crippen MR) is 87.2 cm³/mol. The summed E-state index contributed by atoms with van der Waals surface area (Å²) in [6, 6.07) is 16.7. The topological polar surface area (TPSA) is 67.5 Å². The van der Waals surface area contributed by atoms with Crippen LogP contribution in [0.5, 0.6) is 0 Å². The molecule has 0 aliphatic carbocycles. The van der Waals surface area contributed by atoms with Gasteiger partial charge in [-0.1, -0.05) is 30.3 Å². The fourth-order valence-corrected chi connectivity index (χ4v) is 2.12. The smallest absolute Gasteiger partial charge is 0.307 e. The molecule has 0 spiro atoms. The Morgan fingerprint density at radius 3 is 2.35 bits per heavy atom. The Labute approximate surface area is 133 Å². The van der Waals surface area contributed by atoms with Crippen molar-refractivity contribution >= 4 is 11.6 Å². The zero-order chi connectivity index (χ0) is 16.1. The maximum atomic E-state index is 12.1. The maximum Gasteiger partial charge on any atom is 0.307 e. The number of benzene rings is 1. The monoisotopic (exact) mass is 305 g/mol. The van der Waals surface area contributed by atoms with Crippen LogP contribution in [0.3, 0.4) is 0 Å². The van der Waals surface area contributed by atoms with Crippen LogP contribution >= 0.6 is 0 Å². The molecule has 0 atom stereocenters. The van der Waals surface area contributed by atoms with Crippen LogP contribution in [0.2, 0.25) is 0 Å². The third kappa shape index (κ3) is 3.52. The van der Waals surface area contributed by atoms with Gasteiger partial charge in [0.2, 0.25) is 0 Å². The normalized spacial score (nSPS) is 11.3. The molecule has 23 heavy (non-hydrogen) atoms. The Morgan fingerprint density at radius 1 is 1.00 bits per heavy atom. The summed E-state index contributed by atoms with van der Waals surface area (Å²) in [6.45, 7) is 1.78. The number of aryl methyl sites for hydroxylation is 1. The van der Waals surface area contributed by atoms with Crippen LogP contribution in [0.1, 0.15) is 27.4 Å². The lowest BCUT2D eigenvalue weighted by Crippen LogP contribution is -2.20. The van der Waals surface area contributed by atoms with E-state index in [1.807, 2.05) is 42.5 Å². The van der Waals surface area contributed by atoms with Gasteiger partial charge in [0.15, 0.2) is 5.76 Å². The van der Waals surface area contributed by atoms with Crippen molar-refractivity contribution in [2.75, 3.05) is 0 Å². The van der Waals surface area contributed by atoms with Crippen LogP contribution < -0.4 is 5.43 Å². The van der Waals surface area contributed by atoms with Gasteiger partial charge in [-0.05, 0) is 31.2 Å². The molecule has 2 heterocycles. The molecule has 0 aliphatic rings. The van der Waals surface area contributed by atoms with Crippen molar-refractivity contribution in [3.63, 3.8) is 0 Å². The van der Waals surface area contributed by atoms with E-state index in [2.05, 4.69) is 15.5 Å². The number of carbonyl (C=O) groups is 1. The molecule has 1 amide bonds. The van der Waals surface area contributed by atoms with Gasteiger partial charge in [0.05, 0.1) is 5.71 Å². The summed E-state index contributed by atoms with van der Waals surface area (Å²) in [4.78, 5) is 16.1. The van der Waals surface area contributed by atoms with Crippen LogP contribution in [0.25, 0.3) is 0 Å². The second-order valence-electron chi connectivity index (χ2n) is 4.91. The van der Waals surface area contributed by atoms with Crippen LogP contribution in [0.4, 0.5) is 0 Å². The summed E-state index contributed by atoms with van der Waals surface area (Å²) < 4.78 is 5.30. The number of hydrogen-bond donors (Lipinski definition) is 1. The van der Waals surface area contributed by atoms with Gasteiger partial charge in [-0.15, -0.1) is 0 Å². The van der Waals surface area contributed by atoms with E-state index < -0.39 is 0 Å². The average Bonchev–Trinajstić information content (AvgIpc) is 3.03. The molecular weight excluding hydrogens is 290 g/mol. The number of aromatic nitrogens is 1. The summed E-state index contributed by atoms with van der Waals surface area (Å²) in [5.41, 5.74) is 4.96. The number of hydrogen-bond acceptors (Lipinski definition) is 4. The maximum absolute atomic E-state index is 12.1. The lowest BCUT2D eigenvalue weighted by Gasteiger charge is -2.07. The molecule has 3 aromatic rings. The fourth-order valence-electron chi connectivity index (χ4n) is 2.12. The number of carbonyl (C=O) groups excluding carboxylic acids is 1. The molecular formula is C18H15N3O2. The highest BCUT2D eigenvalue weighted by molar-refractivity contribution is 6.13. The van der Waals surface area contributed by atoms with Gasteiger partial charge in [0.1, 0.15) is 5.76 Å². The quantitative estimate of drug-likeness (QED) is 0.594. The van der Waals surface area contributed by atoms with Gasteiger partial charge in [0.25, 0.3) is 0 Å². The molecule has 2 aromatic heterocycles. The number of amides is 1. The van der Waals surface area contributed by atoms with E-state index in [1.165, 1.54) is 0 Å². The number of nitrogens with one attached hydrogen (secondary N) is 1. The molecule has 5 nitrogen and oxygen atoms in total. The van der Waals surface area contributed by atoms with Crippen molar-refractivity contribution in [1.29, 1.82) is 0 Å². The first kappa shape index (κ1) is 14.7. The molecule has 0 unspecified atom stereocenters. The van der Waals surface area contributed by atoms with Crippen LogP contribution in [0.15, 0.2) is 76.5 Å². The standard InChI is InChI=1S/C18H15N3O2/c1-13-7-8-16(23-13)18(22)21-20-17(14-5-3-2-4-6-14)15-9-11-19-12-10-15/h2-12H,1H3,(H,21,22). The summed E-state index contributed by atoms with van der Waals surface area (Å²) in [7, 11) is 0. The van der Waals surface area contributed by atoms with Crippen molar-refractivity contribution < 1.29 is 9.21 Å². The Hall–Kier alpha value is -3.21. The number of nitrogens with zero attached hydrogens (tertiary/aromatic N) is 2. The number of furan rings is 1. The molecule has 0 saturated heterocycles. The Morgan fingerprint density at radius 2 is 1.70 bits per heavy atom. The van der Waals surface area contributed by atoms with Gasteiger partial charge < -0.3 is 4.42 Å². The van der Waals surface area contributed by atoms with Gasteiger partial charge in [-0.25, -0.2) is 5.43 Å². The highest BCUT2D eigenvalue weighted by atomic mass is 16.3. The summed E-state index contributed by atoms with van der Waals surface area (Å²) in [5.74, 6) is 0.519. The summed E-state index contributed by atoms with van der Waals surface area (Å²) >= 11 is 0. The molecule has 3 rings (SSSR count). The first-order valence-corrected chi connectivity index (χ1v) is 7.14. The molecule has 0 bridgehead atoms. The lowest BCUT2D eigenvalue weighted by molar-refractivity contribution is 0.0926. The zero-order valence-electron chi connectivity index (χ0n) is 12.6. The molecule has 1 N–H and O–H groups in total. The van der Waals surface area contributed by atoms with Gasteiger partial charge in [0, 0.05) is 23.5 Å². The Balaban J connectivity index is 1.91. The minimum atomic E-state index is -0.388. The van der Waals surface area contributed by atoms with E-state index in [1.54, 1.807) is 31.5 Å². The van der Waals surface area contributed by atoms with Crippen LogP contribution in [0, 0.1) is 6.92 Å². The lowest BCUT2D eigenvalue weighted by atomic mass is 10.0. The minimum absolute atomic E-state index is 0.230. The van der Waals surface area contributed by atoms with Crippen molar-refractivity contribution in [2.45, 2.75) is 6.92 Å². The number of pyridine rings is 1. The van der Waals surface area contributed by atoms with Crippen molar-refractivity contribution in [1.82, 2.24) is 10.4 Å². The van der Waals surface area contributed by atoms with Crippen molar-refractivity contribution in [3.8, 4) is 0 Å². The van der Waals surface area contributed by atoms with Gasteiger partial charge in [-0.2, -0.15) is 5.10 Å². The molecule has 1 aromatic carbocycles. The first-order chi connectivity index (χ1) is 11.2. The number of hydrazone groups is 1. The van der Waals surface area contributed by atoms with Crippen molar-refractivity contribution in [3.05, 3.63) is 89.6 Å².